The first-order valence-electron chi connectivity index (χ1n) is 5.89. The van der Waals surface area contributed by atoms with Gasteiger partial charge in [0.1, 0.15) is 0 Å². The molecule has 0 saturated heterocycles. The predicted octanol–water partition coefficient (Wildman–Crippen LogP) is 4.99. The van der Waals surface area contributed by atoms with Gasteiger partial charge in [0.2, 0.25) is 0 Å². The number of hydrogen-bond donors (Lipinski definition) is 0. The summed E-state index contributed by atoms with van der Waals surface area (Å²) in [6.45, 7) is 2.04. The van der Waals surface area contributed by atoms with Gasteiger partial charge in [-0.1, -0.05) is 25.1 Å². The Balaban J connectivity index is 0.00000133. The average molecular weight is 344 g/mol. The van der Waals surface area contributed by atoms with E-state index in [-0.39, 0.29) is 44.4 Å². The van der Waals surface area contributed by atoms with E-state index in [9.17, 15) is 4.39 Å². The summed E-state index contributed by atoms with van der Waals surface area (Å²) >= 11 is 1.73. The molecule has 0 fully saturated rings. The Morgan fingerprint density at radius 2 is 2.00 bits per heavy atom. The van der Waals surface area contributed by atoms with Crippen LogP contribution in [-0.2, 0) is 32.7 Å². The van der Waals surface area contributed by atoms with Gasteiger partial charge in [0.05, 0.1) is 0 Å². The van der Waals surface area contributed by atoms with Gasteiger partial charge in [-0.3, -0.25) is 0 Å². The molecule has 0 aliphatic rings. The first kappa shape index (κ1) is 14.8. The fourth-order valence-electron chi connectivity index (χ4n) is 2.13. The molecular formula is C16H12FSY-. The summed E-state index contributed by atoms with van der Waals surface area (Å²) < 4.78 is 15.0. The van der Waals surface area contributed by atoms with Crippen molar-refractivity contribution < 1.29 is 37.1 Å². The minimum absolute atomic E-state index is 0. The summed E-state index contributed by atoms with van der Waals surface area (Å²) in [7, 11) is 0. The number of rotatable bonds is 2. The second-order valence-electron chi connectivity index (χ2n) is 4.36. The predicted molar refractivity (Wildman–Crippen MR) is 74.6 cm³/mol. The Morgan fingerprint density at radius 1 is 1.21 bits per heavy atom. The van der Waals surface area contributed by atoms with E-state index in [4.69, 9.17) is 0 Å². The first-order chi connectivity index (χ1) is 8.75. The van der Waals surface area contributed by atoms with Gasteiger partial charge in [-0.25, -0.2) is 4.39 Å². The average Bonchev–Trinajstić information content (AvgIpc) is 2.82. The molecule has 3 aromatic rings. The van der Waals surface area contributed by atoms with E-state index >= 15 is 0 Å². The summed E-state index contributed by atoms with van der Waals surface area (Å²) in [5, 5.41) is 1.23. The van der Waals surface area contributed by atoms with Crippen LogP contribution in [-0.4, -0.2) is 0 Å². The topological polar surface area (TPSA) is 0 Å². The molecule has 1 aromatic heterocycles. The smallest absolute Gasteiger partial charge is 0.0345 e. The third-order valence-electron chi connectivity index (χ3n) is 3.18. The molecule has 1 unspecified atom stereocenters. The summed E-state index contributed by atoms with van der Waals surface area (Å²) in [5.74, 6) is -0.0847. The van der Waals surface area contributed by atoms with E-state index in [1.165, 1.54) is 21.0 Å². The van der Waals surface area contributed by atoms with Gasteiger partial charge in [-0.2, -0.15) is 18.2 Å². The van der Waals surface area contributed by atoms with Crippen LogP contribution >= 0.6 is 11.3 Å². The van der Waals surface area contributed by atoms with Crippen molar-refractivity contribution in [2.24, 2.45) is 0 Å². The number of thiophene rings is 1. The van der Waals surface area contributed by atoms with Gasteiger partial charge in [0, 0.05) is 48.1 Å². The molecule has 0 bridgehead atoms. The molecule has 1 radical (unpaired) electrons. The van der Waals surface area contributed by atoms with E-state index in [0.717, 1.165) is 0 Å². The monoisotopic (exact) mass is 344 g/mol. The molecule has 1 atom stereocenters. The van der Waals surface area contributed by atoms with Gasteiger partial charge < -0.3 is 0 Å². The molecule has 3 rings (SSSR count). The zero-order chi connectivity index (χ0) is 12.5. The van der Waals surface area contributed by atoms with E-state index in [1.807, 2.05) is 19.1 Å². The summed E-state index contributed by atoms with van der Waals surface area (Å²) in [6, 6.07) is 18.2. The normalized spacial score (nSPS) is 12.1. The van der Waals surface area contributed by atoms with Gasteiger partial charge in [-0.15, -0.1) is 23.0 Å². The van der Waals surface area contributed by atoms with E-state index < -0.39 is 0 Å². The largest absolute Gasteiger partial charge is 0.235 e. The van der Waals surface area contributed by atoms with Crippen molar-refractivity contribution in [3.63, 3.8) is 0 Å². The molecule has 0 nitrogen and oxygen atoms in total. The molecule has 0 aliphatic carbocycles. The van der Waals surface area contributed by atoms with Gasteiger partial charge in [0.15, 0.2) is 0 Å². The SMILES string of the molecule is CC(c1cc2ccccc2s1)c1c[c-]ccc1F.[Y]. The molecule has 3 heteroatoms. The molecule has 0 saturated carbocycles. The fraction of sp³-hybridized carbons (Fsp3) is 0.125. The minimum Gasteiger partial charge on any atom is -0.235 e. The summed E-state index contributed by atoms with van der Waals surface area (Å²) in [4.78, 5) is 1.19. The zero-order valence-corrected chi connectivity index (χ0v) is 14.2. The van der Waals surface area contributed by atoms with Gasteiger partial charge in [0.25, 0.3) is 0 Å². The van der Waals surface area contributed by atoms with Crippen molar-refractivity contribution >= 4 is 21.4 Å². The van der Waals surface area contributed by atoms with Crippen LogP contribution in [0.4, 0.5) is 4.39 Å². The minimum atomic E-state index is -0.154. The molecule has 0 N–H and O–H groups in total. The van der Waals surface area contributed by atoms with Crippen molar-refractivity contribution in [1.29, 1.82) is 0 Å². The standard InChI is InChI=1S/C16H12FS.Y/c1-11(13-7-3-4-8-14(13)17)16-10-12-6-2-5-9-15(12)18-16;/h2,4-11H,1H3;/q-1;. The second-order valence-corrected chi connectivity index (χ2v) is 5.47. The van der Waals surface area contributed by atoms with Crippen LogP contribution in [0.2, 0.25) is 0 Å². The van der Waals surface area contributed by atoms with Gasteiger partial charge >= 0.3 is 0 Å². The zero-order valence-electron chi connectivity index (χ0n) is 10.6. The Labute approximate surface area is 141 Å². The number of fused-ring (bicyclic) bond motifs is 1. The van der Waals surface area contributed by atoms with Crippen LogP contribution in [0.25, 0.3) is 10.1 Å². The van der Waals surface area contributed by atoms with Crippen molar-refractivity contribution in [2.75, 3.05) is 0 Å². The van der Waals surface area contributed by atoms with E-state index in [1.54, 1.807) is 23.5 Å². The van der Waals surface area contributed by atoms with E-state index in [0.29, 0.717) is 5.56 Å². The van der Waals surface area contributed by atoms with Crippen LogP contribution in [0.3, 0.4) is 0 Å². The summed E-state index contributed by atoms with van der Waals surface area (Å²) in [6.07, 6.45) is 0. The molecule has 1 heterocycles. The Bertz CT molecular complexity index is 657. The van der Waals surface area contributed by atoms with Crippen LogP contribution in [0.1, 0.15) is 23.3 Å². The molecule has 0 amide bonds. The Kier molecular flexibility index (Phi) is 4.88. The maximum absolute atomic E-state index is 13.8. The molecular weight excluding hydrogens is 332 g/mol. The Morgan fingerprint density at radius 3 is 2.74 bits per heavy atom. The van der Waals surface area contributed by atoms with Crippen LogP contribution in [0.15, 0.2) is 48.5 Å². The summed E-state index contributed by atoms with van der Waals surface area (Å²) in [5.41, 5.74) is 0.712. The van der Waals surface area contributed by atoms with Gasteiger partial charge in [-0.05, 0) is 23.4 Å². The van der Waals surface area contributed by atoms with Crippen LogP contribution < -0.4 is 0 Å². The molecule has 0 spiro atoms. The number of halogens is 1. The first-order valence-corrected chi connectivity index (χ1v) is 6.71. The Hall–Kier alpha value is -0.566. The molecule has 93 valence electrons. The third kappa shape index (κ3) is 2.96. The van der Waals surface area contributed by atoms with Crippen molar-refractivity contribution in [2.45, 2.75) is 12.8 Å². The van der Waals surface area contributed by atoms with Crippen molar-refractivity contribution in [1.82, 2.24) is 0 Å². The second kappa shape index (κ2) is 6.26. The third-order valence-corrected chi connectivity index (χ3v) is 4.48. The van der Waals surface area contributed by atoms with Crippen LogP contribution in [0, 0.1) is 11.9 Å². The molecule has 19 heavy (non-hydrogen) atoms. The maximum Gasteiger partial charge on any atom is 0.0345 e. The van der Waals surface area contributed by atoms with Crippen LogP contribution in [0.5, 0.6) is 0 Å². The van der Waals surface area contributed by atoms with E-state index in [2.05, 4.69) is 24.3 Å². The van der Waals surface area contributed by atoms with Crippen molar-refractivity contribution in [3.8, 4) is 0 Å². The quantitative estimate of drug-likeness (QED) is 0.575. The fourth-order valence-corrected chi connectivity index (χ4v) is 3.26. The molecule has 0 aliphatic heterocycles. The molecule has 2 aromatic carbocycles. The van der Waals surface area contributed by atoms with Crippen molar-refractivity contribution in [3.05, 3.63) is 70.9 Å². The number of hydrogen-bond acceptors (Lipinski definition) is 1. The number of benzene rings is 2. The maximum atomic E-state index is 13.8.